The van der Waals surface area contributed by atoms with E-state index in [9.17, 15) is 0 Å². The van der Waals surface area contributed by atoms with Crippen LogP contribution in [-0.2, 0) is 15.6 Å². The number of benzene rings is 2. The summed E-state index contributed by atoms with van der Waals surface area (Å²) < 4.78 is 6.43. The van der Waals surface area contributed by atoms with E-state index in [1.165, 1.54) is 46.2 Å². The maximum absolute atomic E-state index is 6.43. The smallest absolute Gasteiger partial charge is 0.126 e. The van der Waals surface area contributed by atoms with Gasteiger partial charge in [0.25, 0.3) is 0 Å². The molecule has 0 aromatic heterocycles. The summed E-state index contributed by atoms with van der Waals surface area (Å²) in [7, 11) is 0.0917. The molecule has 2 fully saturated rings. The molecule has 264 valence electrons. The van der Waals surface area contributed by atoms with Gasteiger partial charge in [-0.25, -0.2) is 0 Å². The van der Waals surface area contributed by atoms with Crippen molar-refractivity contribution in [2.24, 2.45) is 40.9 Å². The molecule has 0 bridgehead atoms. The minimum absolute atomic E-state index is 0.00901. The summed E-state index contributed by atoms with van der Waals surface area (Å²) >= 11 is 0. The van der Waals surface area contributed by atoms with Gasteiger partial charge in [-0.1, -0.05) is 162 Å². The van der Waals surface area contributed by atoms with Crippen LogP contribution >= 0.6 is 0 Å². The maximum Gasteiger partial charge on any atom is 0.126 e. The lowest BCUT2D eigenvalue weighted by Gasteiger charge is -2.47. The molecule has 0 spiro atoms. The van der Waals surface area contributed by atoms with Crippen molar-refractivity contribution in [3.8, 4) is 0 Å². The van der Waals surface area contributed by atoms with Gasteiger partial charge in [0.15, 0.2) is 0 Å². The quantitative estimate of drug-likeness (QED) is 0.287. The van der Waals surface area contributed by atoms with Crippen molar-refractivity contribution in [3.05, 3.63) is 106 Å². The molecule has 0 N–H and O–H groups in total. The van der Waals surface area contributed by atoms with Crippen LogP contribution < -0.4 is 0 Å². The summed E-state index contributed by atoms with van der Waals surface area (Å²) in [5, 5.41) is 0. The molecule has 0 heterocycles. The molecule has 0 aliphatic heterocycles. The second kappa shape index (κ2) is 12.6. The number of fused-ring (bicyclic) bond motifs is 2. The zero-order valence-corrected chi connectivity index (χ0v) is 34.4. The molecule has 0 radical (unpaired) electrons. The van der Waals surface area contributed by atoms with Crippen LogP contribution in [0.1, 0.15) is 111 Å². The number of hydrogen-bond donors (Lipinski definition) is 0. The lowest BCUT2D eigenvalue weighted by molar-refractivity contribution is 0.274. The Balaban J connectivity index is 1.37. The predicted octanol–water partition coefficient (Wildman–Crippen LogP) is 13.3. The van der Waals surface area contributed by atoms with Crippen LogP contribution in [0.3, 0.4) is 0 Å². The molecule has 1 nitrogen and oxygen atoms in total. The van der Waals surface area contributed by atoms with Gasteiger partial charge in [0.2, 0.25) is 0 Å². The topological polar surface area (TPSA) is 9.23 Å². The van der Waals surface area contributed by atoms with Gasteiger partial charge in [-0.05, 0) is 109 Å². The summed E-state index contributed by atoms with van der Waals surface area (Å²) in [5.74, 6) is 4.87. The summed E-state index contributed by atoms with van der Waals surface area (Å²) in [6, 6.07) is 19.1. The average Bonchev–Trinajstić information content (AvgIpc) is 3.54. The molecule has 4 aliphatic carbocycles. The molecule has 0 saturated heterocycles. The Morgan fingerprint density at radius 3 is 1.61 bits per heavy atom. The standard InChI is InChI=1S/C47H66OSi/c1-29-26-37-35(31-18-22-33(23-19-31)45(3,4)5)16-15-17-36(37)43(29)49(13,14)44-30(2)27-38-39(44)28-40(47(9,10)11)42(48-12)41(38)32-20-24-34(25-21-32)46(6,7)8/h15-25,28-30,36-39,43-44H,26-27H2,1-14H3. The average molecular weight is 675 g/mol. The summed E-state index contributed by atoms with van der Waals surface area (Å²) in [4.78, 5) is 0. The Labute approximate surface area is 301 Å². The van der Waals surface area contributed by atoms with Gasteiger partial charge in [-0.2, -0.15) is 0 Å². The molecule has 4 aliphatic rings. The third kappa shape index (κ3) is 6.43. The highest BCUT2D eigenvalue weighted by Crippen LogP contribution is 2.66. The molecule has 8 atom stereocenters. The molecule has 2 saturated carbocycles. The van der Waals surface area contributed by atoms with E-state index in [2.05, 4.69) is 162 Å². The van der Waals surface area contributed by atoms with Gasteiger partial charge >= 0.3 is 0 Å². The van der Waals surface area contributed by atoms with Crippen LogP contribution in [-0.4, -0.2) is 15.2 Å². The largest absolute Gasteiger partial charge is 0.496 e. The van der Waals surface area contributed by atoms with E-state index >= 15 is 0 Å². The highest BCUT2D eigenvalue weighted by atomic mass is 28.3. The zero-order valence-electron chi connectivity index (χ0n) is 33.4. The Hall–Kier alpha value is -2.58. The Kier molecular flexibility index (Phi) is 9.29. The molecule has 2 aromatic carbocycles. The van der Waals surface area contributed by atoms with Crippen molar-refractivity contribution in [1.82, 2.24) is 0 Å². The van der Waals surface area contributed by atoms with Crippen LogP contribution in [0.4, 0.5) is 0 Å². The normalized spacial score (nSPS) is 30.6. The first-order chi connectivity index (χ1) is 22.7. The van der Waals surface area contributed by atoms with Crippen molar-refractivity contribution in [1.29, 1.82) is 0 Å². The van der Waals surface area contributed by atoms with Crippen molar-refractivity contribution in [2.75, 3.05) is 7.11 Å². The van der Waals surface area contributed by atoms with E-state index in [4.69, 9.17) is 4.74 Å². The first kappa shape index (κ1) is 36.2. The van der Waals surface area contributed by atoms with E-state index in [0.717, 1.165) is 22.8 Å². The number of rotatable bonds is 5. The minimum atomic E-state index is -1.82. The second-order valence-electron chi connectivity index (χ2n) is 20.1. The van der Waals surface area contributed by atoms with E-state index in [1.807, 2.05) is 7.11 Å². The van der Waals surface area contributed by atoms with E-state index in [1.54, 1.807) is 5.57 Å². The van der Waals surface area contributed by atoms with Gasteiger partial charge in [-0.15, -0.1) is 0 Å². The Bertz CT molecular complexity index is 1660. The van der Waals surface area contributed by atoms with Crippen LogP contribution in [0.2, 0.25) is 24.2 Å². The van der Waals surface area contributed by atoms with Crippen molar-refractivity contribution >= 4 is 19.2 Å². The van der Waals surface area contributed by atoms with Crippen molar-refractivity contribution in [3.63, 3.8) is 0 Å². The first-order valence-electron chi connectivity index (χ1n) is 19.4. The summed E-state index contributed by atoms with van der Waals surface area (Å²) in [5.41, 5.74) is 11.9. The number of allylic oxidation sites excluding steroid dienone is 7. The van der Waals surface area contributed by atoms with Gasteiger partial charge in [-0.3, -0.25) is 0 Å². The van der Waals surface area contributed by atoms with E-state index in [0.29, 0.717) is 29.6 Å². The first-order valence-corrected chi connectivity index (χ1v) is 22.5. The monoisotopic (exact) mass is 674 g/mol. The molecular formula is C47H66OSi. The molecule has 2 aromatic rings. The lowest BCUT2D eigenvalue weighted by Crippen LogP contribution is -2.46. The van der Waals surface area contributed by atoms with Crippen molar-refractivity contribution in [2.45, 2.75) is 124 Å². The second-order valence-corrected chi connectivity index (χ2v) is 25.1. The fourth-order valence-corrected chi connectivity index (χ4v) is 17.5. The van der Waals surface area contributed by atoms with Crippen LogP contribution in [0.5, 0.6) is 0 Å². The fraction of sp³-hybridized carbons (Fsp3) is 0.574. The maximum atomic E-state index is 6.43. The Morgan fingerprint density at radius 1 is 0.633 bits per heavy atom. The number of methoxy groups -OCH3 is 1. The molecule has 8 unspecified atom stereocenters. The van der Waals surface area contributed by atoms with E-state index < -0.39 is 8.07 Å². The van der Waals surface area contributed by atoms with E-state index in [-0.39, 0.29) is 16.2 Å². The fourth-order valence-electron chi connectivity index (χ4n) is 11.2. The highest BCUT2D eigenvalue weighted by molar-refractivity contribution is 6.80. The van der Waals surface area contributed by atoms with Crippen LogP contribution in [0.15, 0.2) is 84.2 Å². The SMILES string of the molecule is COC1=C(c2ccc(C(C)(C)C)cc2)C2CC(C)C([Si](C)(C)C3C(C)CC4C(c5ccc(C(C)(C)C)cc5)=CC=CC43)C2C=C1C(C)(C)C. The van der Waals surface area contributed by atoms with Crippen molar-refractivity contribution < 1.29 is 4.74 Å². The summed E-state index contributed by atoms with van der Waals surface area (Å²) in [6.45, 7) is 31.8. The molecular weight excluding hydrogens is 609 g/mol. The Morgan fingerprint density at radius 2 is 1.12 bits per heavy atom. The summed E-state index contributed by atoms with van der Waals surface area (Å²) in [6.07, 6.45) is 12.8. The van der Waals surface area contributed by atoms with Crippen LogP contribution in [0.25, 0.3) is 11.1 Å². The predicted molar refractivity (Wildman–Crippen MR) is 215 cm³/mol. The molecule has 49 heavy (non-hydrogen) atoms. The third-order valence-electron chi connectivity index (χ3n) is 13.3. The minimum Gasteiger partial charge on any atom is -0.496 e. The molecule has 0 amide bonds. The molecule has 2 heteroatoms. The van der Waals surface area contributed by atoms with Gasteiger partial charge in [0, 0.05) is 5.57 Å². The third-order valence-corrected chi connectivity index (χ3v) is 18.7. The number of ether oxygens (including phenoxy) is 1. The lowest BCUT2D eigenvalue weighted by atomic mass is 9.71. The van der Waals surface area contributed by atoms with Gasteiger partial charge in [0.05, 0.1) is 15.2 Å². The van der Waals surface area contributed by atoms with Crippen LogP contribution in [0, 0.1) is 40.9 Å². The van der Waals surface area contributed by atoms with Gasteiger partial charge in [0.1, 0.15) is 5.76 Å². The number of hydrogen-bond acceptors (Lipinski definition) is 1. The van der Waals surface area contributed by atoms with Gasteiger partial charge < -0.3 is 4.74 Å². The highest BCUT2D eigenvalue weighted by Gasteiger charge is 2.58. The zero-order chi connectivity index (χ0) is 35.8. The molecule has 6 rings (SSSR count).